The summed E-state index contributed by atoms with van der Waals surface area (Å²) in [5.74, 6) is -1.56. The second-order valence-electron chi connectivity index (χ2n) is 20.1. The molecule has 6 aromatic heterocycles. The first-order chi connectivity index (χ1) is 35.3. The number of likely N-dealkylation sites (tertiary alicyclic amines) is 2. The summed E-state index contributed by atoms with van der Waals surface area (Å²) in [6.07, 6.45) is 10.5. The molecule has 2 aromatic carbocycles. The lowest BCUT2D eigenvalue weighted by Gasteiger charge is -2.37. The Morgan fingerprint density at radius 1 is 0.757 bits per heavy atom. The van der Waals surface area contributed by atoms with Crippen molar-refractivity contribution in [1.82, 2.24) is 59.1 Å². The Morgan fingerprint density at radius 3 is 1.77 bits per heavy atom. The molecule has 380 valence electrons. The molecule has 2 atom stereocenters. The van der Waals surface area contributed by atoms with Crippen LogP contribution in [-0.4, -0.2) is 125 Å². The maximum atomic E-state index is 13.5. The number of benzene rings is 2. The summed E-state index contributed by atoms with van der Waals surface area (Å²) in [4.78, 5) is 76.7. The number of fused-ring (bicyclic) bond motifs is 4. The Hall–Kier alpha value is -7.62. The monoisotopic (exact) mass is 1050 g/mol. The molecule has 2 aliphatic rings. The van der Waals surface area contributed by atoms with E-state index in [-0.39, 0.29) is 30.4 Å². The highest BCUT2D eigenvalue weighted by atomic mass is 35.5. The summed E-state index contributed by atoms with van der Waals surface area (Å²) in [6, 6.07) is 15.2. The molecule has 8 aromatic rings. The number of halogens is 2. The van der Waals surface area contributed by atoms with Crippen LogP contribution in [0.4, 0.5) is 0 Å². The minimum atomic E-state index is -1.27. The van der Waals surface area contributed by atoms with Crippen molar-refractivity contribution in [2.24, 2.45) is 25.9 Å². The molecule has 0 radical (unpaired) electrons. The second-order valence-corrected chi connectivity index (χ2v) is 26.6. The molecular weight excluding hydrogens is 1000 g/mol. The Labute approximate surface area is 437 Å². The number of rotatable bonds is 13. The number of ether oxygens (including phenoxy) is 1. The van der Waals surface area contributed by atoms with Gasteiger partial charge in [-0.3, -0.25) is 19.2 Å². The smallest absolute Gasteiger partial charge is 0.255 e. The van der Waals surface area contributed by atoms with Crippen LogP contribution in [0.25, 0.3) is 66.6 Å². The number of nitrogens with one attached hydrogen (secondary N) is 3. The molecule has 0 saturated carbocycles. The zero-order valence-electron chi connectivity index (χ0n) is 41.9. The summed E-state index contributed by atoms with van der Waals surface area (Å²) < 4.78 is 11.7. The number of hydrogen-bond donors (Lipinski definition) is 3. The first kappa shape index (κ1) is 51.3. The van der Waals surface area contributed by atoms with Gasteiger partial charge in [-0.25, -0.2) is 19.9 Å². The van der Waals surface area contributed by atoms with Gasteiger partial charge in [-0.15, -0.1) is 0 Å². The van der Waals surface area contributed by atoms with E-state index in [0.29, 0.717) is 87.7 Å². The molecule has 2 saturated heterocycles. The average molecular weight is 1050 g/mol. The Kier molecular flexibility index (Phi) is 14.4. The van der Waals surface area contributed by atoms with E-state index in [4.69, 9.17) is 53.4 Å². The fourth-order valence-electron chi connectivity index (χ4n) is 9.00. The predicted molar refractivity (Wildman–Crippen MR) is 285 cm³/mol. The van der Waals surface area contributed by atoms with Crippen LogP contribution in [-0.2, 0) is 35.2 Å². The Morgan fingerprint density at radius 2 is 1.26 bits per heavy atom. The van der Waals surface area contributed by atoms with Crippen molar-refractivity contribution in [3.63, 3.8) is 0 Å². The number of nitrogens with zero attached hydrogens (tertiary/aromatic N) is 11. The van der Waals surface area contributed by atoms with E-state index in [1.54, 1.807) is 53.0 Å². The lowest BCUT2D eigenvalue weighted by molar-refractivity contribution is -0.138. The number of nitriles is 2. The molecule has 0 unspecified atom stereocenters. The van der Waals surface area contributed by atoms with Crippen LogP contribution in [0.15, 0.2) is 73.6 Å². The fraction of sp³-hybridized carbons (Fsp3) is 0.346. The number of H-pyrrole nitrogens is 1. The van der Waals surface area contributed by atoms with E-state index in [2.05, 4.69) is 52.4 Å². The van der Waals surface area contributed by atoms with Crippen LogP contribution in [0.2, 0.25) is 35.7 Å². The molecule has 2 aliphatic heterocycles. The molecule has 4 amide bonds. The Balaban J connectivity index is 0.000000186. The zero-order chi connectivity index (χ0) is 52.7. The van der Waals surface area contributed by atoms with Gasteiger partial charge in [0.05, 0.1) is 58.9 Å². The summed E-state index contributed by atoms with van der Waals surface area (Å²) in [5.41, 5.74) is 7.36. The van der Waals surface area contributed by atoms with E-state index in [1.165, 1.54) is 0 Å². The molecule has 0 spiro atoms. The molecular formula is C52H54Cl2N14O5Si. The second kappa shape index (κ2) is 20.7. The molecule has 0 aliphatic carbocycles. The number of carbonyl (C=O) groups is 4. The minimum Gasteiger partial charge on any atom is -0.361 e. The number of aryl methyl sites for hydroxylation is 2. The van der Waals surface area contributed by atoms with Gasteiger partial charge in [-0.05, 0) is 44.2 Å². The fourth-order valence-corrected chi connectivity index (χ4v) is 10.1. The molecule has 3 N–H and O–H groups in total. The van der Waals surface area contributed by atoms with E-state index in [9.17, 15) is 19.2 Å². The van der Waals surface area contributed by atoms with Gasteiger partial charge in [0.25, 0.3) is 11.8 Å². The highest BCUT2D eigenvalue weighted by Gasteiger charge is 2.35. The molecule has 10 rings (SSSR count). The van der Waals surface area contributed by atoms with Crippen LogP contribution in [0, 0.1) is 34.5 Å². The van der Waals surface area contributed by atoms with Gasteiger partial charge in [0.15, 0.2) is 11.3 Å². The number of hydrogen-bond acceptors (Lipinski definition) is 11. The van der Waals surface area contributed by atoms with Crippen molar-refractivity contribution in [1.29, 1.82) is 10.5 Å². The van der Waals surface area contributed by atoms with Crippen molar-refractivity contribution < 1.29 is 23.9 Å². The van der Waals surface area contributed by atoms with Crippen molar-refractivity contribution in [2.75, 3.05) is 32.8 Å². The quantitative estimate of drug-likeness (QED) is 0.0754. The number of carbonyl (C=O) groups excluding carboxylic acids is 4. The molecule has 19 nitrogen and oxygen atoms in total. The highest BCUT2D eigenvalue weighted by molar-refractivity contribution is 6.76. The summed E-state index contributed by atoms with van der Waals surface area (Å²) in [5, 5.41) is 26.7. The van der Waals surface area contributed by atoms with E-state index < -0.39 is 32.0 Å². The maximum absolute atomic E-state index is 13.5. The predicted octanol–water partition coefficient (Wildman–Crippen LogP) is 7.53. The minimum absolute atomic E-state index is 0.135. The van der Waals surface area contributed by atoms with Crippen molar-refractivity contribution in [3.8, 4) is 34.7 Å². The van der Waals surface area contributed by atoms with Crippen molar-refractivity contribution in [2.45, 2.75) is 58.3 Å². The van der Waals surface area contributed by atoms with Crippen molar-refractivity contribution >= 4 is 99.0 Å². The van der Waals surface area contributed by atoms with Gasteiger partial charge >= 0.3 is 0 Å². The van der Waals surface area contributed by atoms with Gasteiger partial charge in [-0.1, -0.05) is 55.0 Å². The topological polar surface area (TPSA) is 238 Å². The lowest BCUT2D eigenvalue weighted by Crippen LogP contribution is -2.55. The molecule has 8 heterocycles. The SMILES string of the molecule is C[C@@H](NC(=O)c1c[nH]c2ncc(-c3cn(C)c4cc(Cl)ccc34)nc12)C(=O)N1CC(C#N)C1.C[C@@H](NC(=O)c1cn(COCC[Si](C)(C)C)c2ncc(-c3cn(C)c4cc(Cl)ccc34)nc12)C(=O)N1CC(C#N)C1. The number of aromatic amines is 1. The van der Waals surface area contributed by atoms with Gasteiger partial charge in [0.1, 0.15) is 29.8 Å². The van der Waals surface area contributed by atoms with Gasteiger partial charge in [0, 0.05) is 123 Å². The van der Waals surface area contributed by atoms with Crippen LogP contribution in [0.5, 0.6) is 0 Å². The molecule has 2 fully saturated rings. The number of amides is 4. The third-order valence-electron chi connectivity index (χ3n) is 13.3. The third-order valence-corrected chi connectivity index (χ3v) is 15.5. The summed E-state index contributed by atoms with van der Waals surface area (Å²) in [7, 11) is 2.61. The molecule has 74 heavy (non-hydrogen) atoms. The molecule has 0 bridgehead atoms. The van der Waals surface area contributed by atoms with Gasteiger partial charge < -0.3 is 43.9 Å². The van der Waals surface area contributed by atoms with Crippen LogP contribution >= 0.6 is 23.2 Å². The van der Waals surface area contributed by atoms with Crippen LogP contribution in [0.1, 0.15) is 34.6 Å². The van der Waals surface area contributed by atoms with Gasteiger partial charge in [-0.2, -0.15) is 10.5 Å². The van der Waals surface area contributed by atoms with E-state index in [0.717, 1.165) is 39.0 Å². The third kappa shape index (κ3) is 10.4. The van der Waals surface area contributed by atoms with Crippen LogP contribution in [0.3, 0.4) is 0 Å². The van der Waals surface area contributed by atoms with E-state index in [1.807, 2.05) is 72.0 Å². The van der Waals surface area contributed by atoms with Crippen molar-refractivity contribution in [3.05, 3.63) is 94.8 Å². The van der Waals surface area contributed by atoms with Crippen LogP contribution < -0.4 is 10.6 Å². The first-order valence-electron chi connectivity index (χ1n) is 24.1. The standard InChI is InChI=1S/C29H34ClN7O3Si.C23H20ClN7O2/c1-18(29(39)36-13-19(11-31)14-36)33-28(38)23-16-37(17-40-8-9-41(3,4)5)27-26(23)34-24(12-32-27)22-15-35(2)25-10-20(30)6-7-21(22)25;1-12(23(33)31-9-13(6-25)10-31)28-22(32)16-7-26-21-20(16)29-18(8-27-21)17-11-30(2)19-5-14(24)3-4-15(17)19/h6-7,10,12,15-16,18-19H,8-9,13-14,17H2,1-5H3,(H,33,38);3-5,7-8,11-13H,9-10H2,1-2H3,(H,26,27)(H,28,32)/t18-;12-/m11/s1. The normalized spacial score (nSPS) is 14.7. The Bertz CT molecular complexity index is 3610. The lowest BCUT2D eigenvalue weighted by atomic mass is 10.0. The summed E-state index contributed by atoms with van der Waals surface area (Å²) in [6.45, 7) is 12.6. The van der Waals surface area contributed by atoms with E-state index >= 15 is 0 Å². The summed E-state index contributed by atoms with van der Waals surface area (Å²) >= 11 is 12.4. The number of aromatic nitrogens is 8. The van der Waals surface area contributed by atoms with Gasteiger partial charge in [0.2, 0.25) is 11.8 Å². The first-order valence-corrected chi connectivity index (χ1v) is 28.5. The maximum Gasteiger partial charge on any atom is 0.255 e. The average Bonchev–Trinajstić information content (AvgIpc) is 4.10. The molecule has 22 heteroatoms. The zero-order valence-corrected chi connectivity index (χ0v) is 44.4. The largest absolute Gasteiger partial charge is 0.361 e. The highest BCUT2D eigenvalue weighted by Crippen LogP contribution is 2.34.